The van der Waals surface area contributed by atoms with Crippen LogP contribution in [0.3, 0.4) is 0 Å². The third-order valence-electron chi connectivity index (χ3n) is 1.86. The number of benzene rings is 1. The van der Waals surface area contributed by atoms with Crippen LogP contribution >= 0.6 is 0 Å². The summed E-state index contributed by atoms with van der Waals surface area (Å²) in [5.41, 5.74) is 1.54. The van der Waals surface area contributed by atoms with Crippen molar-refractivity contribution in [1.82, 2.24) is 10.2 Å². The maximum atomic E-state index is 12.6. The standard InChI is InChI=1S/C10H6FN3/c11-9(5-12)4-7-1-2-10-8(3-7)6-13-14-10/h1-4,6H,(H,13,14). The molecule has 0 radical (unpaired) electrons. The van der Waals surface area contributed by atoms with Gasteiger partial charge in [-0.3, -0.25) is 5.10 Å². The summed E-state index contributed by atoms with van der Waals surface area (Å²) in [4.78, 5) is 0. The van der Waals surface area contributed by atoms with E-state index in [1.165, 1.54) is 12.1 Å². The third-order valence-corrected chi connectivity index (χ3v) is 1.86. The van der Waals surface area contributed by atoms with Crippen LogP contribution in [0.4, 0.5) is 4.39 Å². The zero-order valence-electron chi connectivity index (χ0n) is 7.16. The predicted molar refractivity (Wildman–Crippen MR) is 50.8 cm³/mol. The topological polar surface area (TPSA) is 52.5 Å². The number of fused-ring (bicyclic) bond motifs is 1. The molecule has 1 aromatic carbocycles. The maximum absolute atomic E-state index is 12.6. The van der Waals surface area contributed by atoms with Gasteiger partial charge in [0.25, 0.3) is 0 Å². The Morgan fingerprint density at radius 3 is 3.21 bits per heavy atom. The van der Waals surface area contributed by atoms with Gasteiger partial charge in [0.15, 0.2) is 0 Å². The molecule has 0 aliphatic rings. The molecule has 2 aromatic rings. The molecule has 0 saturated carbocycles. The Hall–Kier alpha value is -2.15. The molecule has 0 aliphatic carbocycles. The number of halogens is 1. The van der Waals surface area contributed by atoms with Gasteiger partial charge >= 0.3 is 0 Å². The zero-order chi connectivity index (χ0) is 9.97. The predicted octanol–water partition coefficient (Wildman–Crippen LogP) is 2.40. The van der Waals surface area contributed by atoms with Crippen molar-refractivity contribution < 1.29 is 4.39 Å². The first-order valence-corrected chi connectivity index (χ1v) is 4.00. The van der Waals surface area contributed by atoms with Crippen LogP contribution in [-0.2, 0) is 0 Å². The van der Waals surface area contributed by atoms with Gasteiger partial charge in [-0.2, -0.15) is 14.8 Å². The van der Waals surface area contributed by atoms with Gasteiger partial charge in [-0.1, -0.05) is 6.07 Å². The molecule has 14 heavy (non-hydrogen) atoms. The number of H-pyrrole nitrogens is 1. The number of hydrogen-bond donors (Lipinski definition) is 1. The van der Waals surface area contributed by atoms with Crippen molar-refractivity contribution in [2.45, 2.75) is 0 Å². The first kappa shape index (κ1) is 8.45. The lowest BCUT2D eigenvalue weighted by Crippen LogP contribution is -1.74. The monoisotopic (exact) mass is 187 g/mol. The van der Waals surface area contributed by atoms with E-state index < -0.39 is 5.83 Å². The SMILES string of the molecule is N#CC(F)=Cc1ccc2[nH]ncc2c1. The summed E-state index contributed by atoms with van der Waals surface area (Å²) in [6.07, 6.45) is 2.84. The lowest BCUT2D eigenvalue weighted by Gasteiger charge is -1.92. The molecule has 0 atom stereocenters. The van der Waals surface area contributed by atoms with E-state index in [0.717, 1.165) is 10.9 Å². The number of nitrogens with one attached hydrogen (secondary N) is 1. The summed E-state index contributed by atoms with van der Waals surface area (Å²) in [7, 11) is 0. The molecule has 0 fully saturated rings. The smallest absolute Gasteiger partial charge is 0.200 e. The fourth-order valence-electron chi connectivity index (χ4n) is 1.23. The second kappa shape index (κ2) is 3.30. The van der Waals surface area contributed by atoms with Crippen molar-refractivity contribution in [1.29, 1.82) is 5.26 Å². The van der Waals surface area contributed by atoms with Crippen LogP contribution in [0.1, 0.15) is 5.56 Å². The minimum Gasteiger partial charge on any atom is -0.278 e. The highest BCUT2D eigenvalue weighted by atomic mass is 19.1. The van der Waals surface area contributed by atoms with Gasteiger partial charge in [0, 0.05) is 5.39 Å². The summed E-state index contributed by atoms with van der Waals surface area (Å²) in [6.45, 7) is 0. The fourth-order valence-corrected chi connectivity index (χ4v) is 1.23. The lowest BCUT2D eigenvalue weighted by molar-refractivity contribution is 0.679. The van der Waals surface area contributed by atoms with Gasteiger partial charge in [-0.25, -0.2) is 0 Å². The molecule has 68 valence electrons. The van der Waals surface area contributed by atoms with E-state index in [1.807, 2.05) is 0 Å². The van der Waals surface area contributed by atoms with Gasteiger partial charge in [0.1, 0.15) is 6.07 Å². The van der Waals surface area contributed by atoms with Gasteiger partial charge in [0.05, 0.1) is 11.7 Å². The van der Waals surface area contributed by atoms with Crippen molar-refractivity contribution in [3.05, 3.63) is 35.8 Å². The average molecular weight is 187 g/mol. The highest BCUT2D eigenvalue weighted by molar-refractivity contribution is 5.80. The number of aromatic nitrogens is 2. The van der Waals surface area contributed by atoms with Crippen molar-refractivity contribution in [2.75, 3.05) is 0 Å². The minimum atomic E-state index is -0.798. The normalized spacial score (nSPS) is 11.6. The van der Waals surface area contributed by atoms with Gasteiger partial charge in [0.2, 0.25) is 5.83 Å². The van der Waals surface area contributed by atoms with E-state index in [2.05, 4.69) is 10.2 Å². The van der Waals surface area contributed by atoms with Crippen molar-refractivity contribution in [3.63, 3.8) is 0 Å². The quantitative estimate of drug-likeness (QED) is 0.697. The van der Waals surface area contributed by atoms with E-state index in [-0.39, 0.29) is 0 Å². The molecule has 0 saturated heterocycles. The number of nitrogens with zero attached hydrogens (tertiary/aromatic N) is 2. The molecule has 0 aliphatic heterocycles. The maximum Gasteiger partial charge on any atom is 0.200 e. The molecule has 1 aromatic heterocycles. The van der Waals surface area contributed by atoms with Gasteiger partial charge in [-0.05, 0) is 23.8 Å². The van der Waals surface area contributed by atoms with E-state index in [9.17, 15) is 4.39 Å². The third kappa shape index (κ3) is 1.48. The van der Waals surface area contributed by atoms with Gasteiger partial charge < -0.3 is 0 Å². The van der Waals surface area contributed by atoms with Crippen LogP contribution in [-0.4, -0.2) is 10.2 Å². The summed E-state index contributed by atoms with van der Waals surface area (Å²) < 4.78 is 12.6. The Kier molecular flexibility index (Phi) is 1.99. The molecule has 2 rings (SSSR count). The molecule has 0 unspecified atom stereocenters. The number of nitriles is 1. The Balaban J connectivity index is 2.50. The summed E-state index contributed by atoms with van der Waals surface area (Å²) >= 11 is 0. The minimum absolute atomic E-state index is 0.651. The molecular formula is C10H6FN3. The molecule has 4 heteroatoms. The molecule has 1 heterocycles. The molecule has 0 bridgehead atoms. The number of aromatic amines is 1. The molecule has 0 amide bonds. The van der Waals surface area contributed by atoms with E-state index in [4.69, 9.17) is 5.26 Å². The van der Waals surface area contributed by atoms with E-state index in [0.29, 0.717) is 5.56 Å². The molecule has 0 spiro atoms. The highest BCUT2D eigenvalue weighted by Gasteiger charge is 1.97. The molecular weight excluding hydrogens is 181 g/mol. The van der Waals surface area contributed by atoms with Crippen LogP contribution in [0.25, 0.3) is 17.0 Å². The Bertz CT molecular complexity index is 534. The Labute approximate surface area is 79.5 Å². The Morgan fingerprint density at radius 1 is 1.57 bits per heavy atom. The van der Waals surface area contributed by atoms with Crippen LogP contribution in [0, 0.1) is 11.3 Å². The van der Waals surface area contributed by atoms with Crippen molar-refractivity contribution >= 4 is 17.0 Å². The molecule has 1 N–H and O–H groups in total. The van der Waals surface area contributed by atoms with E-state index >= 15 is 0 Å². The van der Waals surface area contributed by atoms with Crippen LogP contribution in [0.2, 0.25) is 0 Å². The van der Waals surface area contributed by atoms with Crippen LogP contribution < -0.4 is 0 Å². The summed E-state index contributed by atoms with van der Waals surface area (Å²) in [5, 5.41) is 15.8. The zero-order valence-corrected chi connectivity index (χ0v) is 7.16. The number of rotatable bonds is 1. The number of allylic oxidation sites excluding steroid dienone is 1. The van der Waals surface area contributed by atoms with E-state index in [1.54, 1.807) is 24.4 Å². The molecule has 3 nitrogen and oxygen atoms in total. The summed E-state index contributed by atoms with van der Waals surface area (Å²) in [6, 6.07) is 6.70. The Morgan fingerprint density at radius 2 is 2.43 bits per heavy atom. The largest absolute Gasteiger partial charge is 0.278 e. The lowest BCUT2D eigenvalue weighted by atomic mass is 10.1. The van der Waals surface area contributed by atoms with Crippen molar-refractivity contribution in [3.8, 4) is 6.07 Å². The average Bonchev–Trinajstić information content (AvgIpc) is 2.64. The van der Waals surface area contributed by atoms with Gasteiger partial charge in [-0.15, -0.1) is 0 Å². The second-order valence-electron chi connectivity index (χ2n) is 2.82. The van der Waals surface area contributed by atoms with Crippen molar-refractivity contribution in [2.24, 2.45) is 0 Å². The second-order valence-corrected chi connectivity index (χ2v) is 2.82. The number of hydrogen-bond acceptors (Lipinski definition) is 2. The fraction of sp³-hybridized carbons (Fsp3) is 0. The van der Waals surface area contributed by atoms with Crippen LogP contribution in [0.5, 0.6) is 0 Å². The summed E-state index contributed by atoms with van der Waals surface area (Å²) in [5.74, 6) is -0.798. The highest BCUT2D eigenvalue weighted by Crippen LogP contribution is 2.15. The first-order valence-electron chi connectivity index (χ1n) is 4.00. The van der Waals surface area contributed by atoms with Crippen LogP contribution in [0.15, 0.2) is 30.2 Å². The first-order chi connectivity index (χ1) is 6.79.